The summed E-state index contributed by atoms with van der Waals surface area (Å²) < 4.78 is 2.42. The van der Waals surface area contributed by atoms with Crippen LogP contribution in [0.15, 0.2) is 170 Å². The van der Waals surface area contributed by atoms with Gasteiger partial charge in [-0.05, 0) is 86.5 Å². The molecule has 47 heavy (non-hydrogen) atoms. The average Bonchev–Trinajstić information content (AvgIpc) is 3.50. The van der Waals surface area contributed by atoms with E-state index < -0.39 is 0 Å². The van der Waals surface area contributed by atoms with Gasteiger partial charge in [0, 0.05) is 39.6 Å². The van der Waals surface area contributed by atoms with Crippen molar-refractivity contribution in [2.24, 2.45) is 0 Å². The number of rotatable bonds is 3. The predicted molar refractivity (Wildman–Crippen MR) is 202 cm³/mol. The summed E-state index contributed by atoms with van der Waals surface area (Å²) in [6.45, 7) is 5.08. The molecule has 0 amide bonds. The summed E-state index contributed by atoms with van der Waals surface area (Å²) in [6.07, 6.45) is 6.57. The lowest BCUT2D eigenvalue weighted by molar-refractivity contribution is 1.19. The van der Waals surface area contributed by atoms with Crippen molar-refractivity contribution in [3.63, 3.8) is 0 Å². The maximum Gasteiger partial charge on any atom is 0.0619 e. The lowest BCUT2D eigenvalue weighted by Gasteiger charge is -2.13. The van der Waals surface area contributed by atoms with Gasteiger partial charge in [0.05, 0.1) is 11.0 Å². The molecule has 2 nitrogen and oxygen atoms in total. The molecule has 0 fully saturated rings. The van der Waals surface area contributed by atoms with Crippen LogP contribution in [0.4, 0.5) is 5.69 Å². The first-order valence-corrected chi connectivity index (χ1v) is 16.2. The van der Waals surface area contributed by atoms with Gasteiger partial charge in [-0.25, -0.2) is 0 Å². The van der Waals surface area contributed by atoms with Gasteiger partial charge < -0.3 is 9.88 Å². The number of anilines is 1. The van der Waals surface area contributed by atoms with Crippen LogP contribution in [0.1, 0.15) is 11.1 Å². The number of benzene rings is 7. The fraction of sp³-hybridized carbons (Fsp3) is 0.0222. The molecule has 8 aromatic rings. The highest BCUT2D eigenvalue weighted by Gasteiger charge is 2.18. The summed E-state index contributed by atoms with van der Waals surface area (Å²) in [5.74, 6) is 0. The Labute approximate surface area is 274 Å². The van der Waals surface area contributed by atoms with Crippen LogP contribution in [0.5, 0.6) is 0 Å². The molecule has 0 unspecified atom stereocenters. The van der Waals surface area contributed by atoms with Crippen LogP contribution in [-0.4, -0.2) is 11.1 Å². The lowest BCUT2D eigenvalue weighted by atomic mass is 9.93. The molecule has 2 heteroatoms. The molecule has 222 valence electrons. The lowest BCUT2D eigenvalue weighted by Crippen LogP contribution is -2.00. The second-order valence-electron chi connectivity index (χ2n) is 12.3. The third-order valence-corrected chi connectivity index (χ3v) is 9.53. The highest BCUT2D eigenvalue weighted by atomic mass is 15.0. The van der Waals surface area contributed by atoms with Gasteiger partial charge in [-0.3, -0.25) is 0 Å². The van der Waals surface area contributed by atoms with Crippen LogP contribution in [0.2, 0.25) is 0 Å². The standard InChI is InChI=1S/C45H32N2/c1-30-19-20-31(25-26-46-43-17-9-7-13-37(30)43)32-21-22-34-28-35(24-23-33(34)27-32)41-29-42-39-15-8-10-18-44(39)47(36-11-3-2-4-12-36)45(42)40-16-6-5-14-38(40)41/h2-25,27-29,46H,1,26H2/b20-19-,31-25+. The van der Waals surface area contributed by atoms with E-state index in [-0.39, 0.29) is 0 Å². The first-order chi connectivity index (χ1) is 23.2. The van der Waals surface area contributed by atoms with Crippen molar-refractivity contribution in [1.29, 1.82) is 0 Å². The van der Waals surface area contributed by atoms with Gasteiger partial charge in [0.15, 0.2) is 0 Å². The Morgan fingerprint density at radius 2 is 1.21 bits per heavy atom. The fourth-order valence-corrected chi connectivity index (χ4v) is 7.25. The molecule has 1 aromatic heterocycles. The van der Waals surface area contributed by atoms with Gasteiger partial charge >= 0.3 is 0 Å². The van der Waals surface area contributed by atoms with E-state index in [0.29, 0.717) is 0 Å². The zero-order chi connectivity index (χ0) is 31.3. The quantitative estimate of drug-likeness (QED) is 0.213. The normalized spacial score (nSPS) is 15.1. The minimum Gasteiger partial charge on any atom is -0.381 e. The number of nitrogens with one attached hydrogen (secondary N) is 1. The summed E-state index contributed by atoms with van der Waals surface area (Å²) in [5, 5.41) is 11.1. The number of hydrogen-bond donors (Lipinski definition) is 1. The monoisotopic (exact) mass is 600 g/mol. The Balaban J connectivity index is 1.17. The van der Waals surface area contributed by atoms with Gasteiger partial charge in [-0.1, -0.05) is 128 Å². The van der Waals surface area contributed by atoms with Crippen molar-refractivity contribution in [1.82, 2.24) is 4.57 Å². The maximum absolute atomic E-state index is 4.33. The second-order valence-corrected chi connectivity index (χ2v) is 12.3. The van der Waals surface area contributed by atoms with Crippen LogP contribution >= 0.6 is 0 Å². The SMILES string of the molecule is C=C1/C=C\C(c2ccc3cc(-c4cc5c6ccccc6n(-c6ccccc6)c5c5ccccc45)ccc3c2)=C/CNc2ccccc21. The molecule has 1 aliphatic rings. The molecule has 1 aliphatic heterocycles. The Bertz CT molecular complexity index is 2580. The van der Waals surface area contributed by atoms with Gasteiger partial charge in [-0.2, -0.15) is 0 Å². The van der Waals surface area contributed by atoms with Crippen molar-refractivity contribution in [3.8, 4) is 16.8 Å². The molecular weight excluding hydrogens is 569 g/mol. The van der Waals surface area contributed by atoms with Gasteiger partial charge in [0.1, 0.15) is 0 Å². The van der Waals surface area contributed by atoms with Crippen molar-refractivity contribution in [2.75, 3.05) is 11.9 Å². The van der Waals surface area contributed by atoms with Crippen molar-refractivity contribution in [2.45, 2.75) is 0 Å². The van der Waals surface area contributed by atoms with E-state index in [2.05, 4.69) is 180 Å². The minimum atomic E-state index is 0.747. The number of aromatic nitrogens is 1. The zero-order valence-electron chi connectivity index (χ0n) is 25.9. The Morgan fingerprint density at radius 3 is 2.06 bits per heavy atom. The molecule has 2 heterocycles. The minimum absolute atomic E-state index is 0.747. The van der Waals surface area contributed by atoms with Crippen molar-refractivity contribution >= 4 is 60.2 Å². The number of para-hydroxylation sites is 3. The van der Waals surface area contributed by atoms with Gasteiger partial charge in [0.25, 0.3) is 0 Å². The van der Waals surface area contributed by atoms with Crippen LogP contribution in [-0.2, 0) is 0 Å². The van der Waals surface area contributed by atoms with Crippen molar-refractivity contribution in [3.05, 3.63) is 182 Å². The number of nitrogens with zero attached hydrogens (tertiary/aromatic N) is 1. The fourth-order valence-electron chi connectivity index (χ4n) is 7.25. The molecule has 0 saturated heterocycles. The Kier molecular flexibility index (Phi) is 6.39. The van der Waals surface area contributed by atoms with E-state index >= 15 is 0 Å². The highest BCUT2D eigenvalue weighted by molar-refractivity contribution is 6.22. The molecule has 0 bridgehead atoms. The molecule has 1 N–H and O–H groups in total. The molecule has 9 rings (SSSR count). The summed E-state index contributed by atoms with van der Waals surface area (Å²) in [7, 11) is 0. The van der Waals surface area contributed by atoms with E-state index in [9.17, 15) is 0 Å². The van der Waals surface area contributed by atoms with E-state index in [1.807, 2.05) is 0 Å². The highest BCUT2D eigenvalue weighted by Crippen LogP contribution is 2.42. The summed E-state index contributed by atoms with van der Waals surface area (Å²) >= 11 is 0. The second kappa shape index (κ2) is 11.0. The predicted octanol–water partition coefficient (Wildman–Crippen LogP) is 11.8. The van der Waals surface area contributed by atoms with Crippen LogP contribution in [0.3, 0.4) is 0 Å². The summed E-state index contributed by atoms with van der Waals surface area (Å²) in [5.41, 5.74) is 11.7. The number of allylic oxidation sites excluding steroid dienone is 4. The third kappa shape index (κ3) is 4.57. The molecule has 7 aromatic carbocycles. The number of fused-ring (bicyclic) bond motifs is 7. The van der Waals surface area contributed by atoms with E-state index in [1.165, 1.54) is 71.3 Å². The smallest absolute Gasteiger partial charge is 0.0619 e. The molecule has 0 radical (unpaired) electrons. The average molecular weight is 601 g/mol. The van der Waals surface area contributed by atoms with Crippen LogP contribution < -0.4 is 5.32 Å². The largest absolute Gasteiger partial charge is 0.381 e. The number of hydrogen-bond acceptors (Lipinski definition) is 1. The van der Waals surface area contributed by atoms with Crippen LogP contribution in [0.25, 0.3) is 71.3 Å². The van der Waals surface area contributed by atoms with Crippen LogP contribution in [0, 0.1) is 0 Å². The Morgan fingerprint density at radius 1 is 0.532 bits per heavy atom. The molecule has 0 spiro atoms. The van der Waals surface area contributed by atoms with E-state index in [4.69, 9.17) is 0 Å². The Hall–Kier alpha value is -6.12. The van der Waals surface area contributed by atoms with E-state index in [1.54, 1.807) is 0 Å². The van der Waals surface area contributed by atoms with Crippen molar-refractivity contribution < 1.29 is 0 Å². The molecule has 0 atom stereocenters. The van der Waals surface area contributed by atoms with E-state index in [0.717, 1.165) is 23.4 Å². The molecule has 0 aliphatic carbocycles. The van der Waals surface area contributed by atoms with Gasteiger partial charge in [-0.15, -0.1) is 0 Å². The topological polar surface area (TPSA) is 17.0 Å². The first-order valence-electron chi connectivity index (χ1n) is 16.2. The summed E-state index contributed by atoms with van der Waals surface area (Å²) in [6, 6.07) is 52.8. The van der Waals surface area contributed by atoms with Gasteiger partial charge in [0.2, 0.25) is 0 Å². The third-order valence-electron chi connectivity index (χ3n) is 9.53. The first kappa shape index (κ1) is 27.2. The molecular formula is C45H32N2. The molecule has 0 saturated carbocycles. The maximum atomic E-state index is 4.33. The zero-order valence-corrected chi connectivity index (χ0v) is 25.9. The summed E-state index contributed by atoms with van der Waals surface area (Å²) in [4.78, 5) is 0.